The molecule has 0 heterocycles. The van der Waals surface area contributed by atoms with Gasteiger partial charge >= 0.3 is 5.97 Å². The van der Waals surface area contributed by atoms with Gasteiger partial charge in [0, 0.05) is 6.54 Å². The fourth-order valence-electron chi connectivity index (χ4n) is 1.28. The molecule has 0 bridgehead atoms. The van der Waals surface area contributed by atoms with E-state index in [9.17, 15) is 18.0 Å². The summed E-state index contributed by atoms with van der Waals surface area (Å²) >= 11 is 5.79. The zero-order chi connectivity index (χ0) is 16.4. The van der Waals surface area contributed by atoms with Crippen LogP contribution >= 0.6 is 11.6 Å². The number of nitrogens with one attached hydrogen (secondary N) is 1. The Morgan fingerprint density at radius 1 is 1.38 bits per heavy atom. The number of benzene rings is 1. The highest BCUT2D eigenvalue weighted by molar-refractivity contribution is 7.89. The average molecular weight is 335 g/mol. The predicted molar refractivity (Wildman–Crippen MR) is 76.6 cm³/mol. The molecule has 1 amide bonds. The molecule has 0 aliphatic heterocycles. The number of amides is 1. The van der Waals surface area contributed by atoms with E-state index in [0.717, 1.165) is 6.07 Å². The molecule has 1 aromatic rings. The summed E-state index contributed by atoms with van der Waals surface area (Å²) in [7, 11) is -4.07. The molecule has 0 radical (unpaired) electrons. The number of carbonyl (C=O) groups excluding carboxylic acids is 1. The van der Waals surface area contributed by atoms with Gasteiger partial charge in [0.15, 0.2) is 0 Å². The zero-order valence-electron chi connectivity index (χ0n) is 11.4. The van der Waals surface area contributed by atoms with Crippen molar-refractivity contribution < 1.29 is 23.1 Å². The van der Waals surface area contributed by atoms with E-state index >= 15 is 0 Å². The van der Waals surface area contributed by atoms with E-state index in [-0.39, 0.29) is 22.0 Å². The molecule has 0 unspecified atom stereocenters. The van der Waals surface area contributed by atoms with Gasteiger partial charge in [0.1, 0.15) is 4.90 Å². The van der Waals surface area contributed by atoms with Crippen molar-refractivity contribution in [2.24, 2.45) is 11.1 Å². The molecule has 0 atom stereocenters. The number of hydrogen-bond acceptors (Lipinski definition) is 4. The Kier molecular flexibility index (Phi) is 4.98. The van der Waals surface area contributed by atoms with Crippen LogP contribution in [0.25, 0.3) is 0 Å². The topological polar surface area (TPSA) is 127 Å². The van der Waals surface area contributed by atoms with Crippen molar-refractivity contribution in [3.8, 4) is 0 Å². The van der Waals surface area contributed by atoms with Crippen LogP contribution in [0.3, 0.4) is 0 Å². The highest BCUT2D eigenvalue weighted by Gasteiger charge is 2.28. The fourth-order valence-corrected chi connectivity index (χ4v) is 3.02. The van der Waals surface area contributed by atoms with E-state index in [1.54, 1.807) is 0 Å². The lowest BCUT2D eigenvalue weighted by Crippen LogP contribution is -2.42. The lowest BCUT2D eigenvalue weighted by Gasteiger charge is -2.21. The van der Waals surface area contributed by atoms with Crippen LogP contribution in [0.2, 0.25) is 5.02 Å². The number of halogens is 1. The molecule has 9 heteroatoms. The number of carboxylic acid groups (broad SMARTS) is 1. The summed E-state index contributed by atoms with van der Waals surface area (Å²) in [4.78, 5) is 21.7. The Morgan fingerprint density at radius 2 is 1.95 bits per heavy atom. The lowest BCUT2D eigenvalue weighted by molar-refractivity contribution is -0.125. The van der Waals surface area contributed by atoms with Crippen LogP contribution in [0.5, 0.6) is 0 Å². The van der Waals surface area contributed by atoms with E-state index in [4.69, 9.17) is 22.4 Å². The number of sulfonamides is 1. The number of aromatic carboxylic acids is 1. The number of primary amides is 1. The van der Waals surface area contributed by atoms with Gasteiger partial charge in [-0.2, -0.15) is 0 Å². The van der Waals surface area contributed by atoms with Gasteiger partial charge in [0.05, 0.1) is 16.0 Å². The highest BCUT2D eigenvalue weighted by Crippen LogP contribution is 2.23. The Bertz CT molecular complexity index is 685. The number of hydrogen-bond donors (Lipinski definition) is 3. The molecular formula is C12H15ClN2O5S. The molecule has 0 aliphatic carbocycles. The van der Waals surface area contributed by atoms with Gasteiger partial charge in [-0.05, 0) is 32.0 Å². The number of carbonyl (C=O) groups is 2. The van der Waals surface area contributed by atoms with Gasteiger partial charge in [-0.25, -0.2) is 17.9 Å². The normalized spacial score (nSPS) is 12.1. The van der Waals surface area contributed by atoms with Gasteiger partial charge < -0.3 is 10.8 Å². The Morgan fingerprint density at radius 3 is 2.43 bits per heavy atom. The molecule has 0 saturated heterocycles. The summed E-state index contributed by atoms with van der Waals surface area (Å²) in [5, 5.41) is 8.76. The quantitative estimate of drug-likeness (QED) is 0.710. The first-order chi connectivity index (χ1) is 9.47. The van der Waals surface area contributed by atoms with Crippen molar-refractivity contribution >= 4 is 33.5 Å². The third-order valence-electron chi connectivity index (χ3n) is 2.84. The number of rotatable bonds is 6. The van der Waals surface area contributed by atoms with Crippen molar-refractivity contribution in [1.29, 1.82) is 0 Å². The van der Waals surface area contributed by atoms with Crippen molar-refractivity contribution in [2.75, 3.05) is 6.54 Å². The monoisotopic (exact) mass is 334 g/mol. The van der Waals surface area contributed by atoms with Crippen LogP contribution in [-0.2, 0) is 14.8 Å². The van der Waals surface area contributed by atoms with Gasteiger partial charge in [0.2, 0.25) is 15.9 Å². The second kappa shape index (κ2) is 6.00. The summed E-state index contributed by atoms with van der Waals surface area (Å²) < 4.78 is 26.5. The minimum absolute atomic E-state index is 0.121. The second-order valence-electron chi connectivity index (χ2n) is 5.02. The van der Waals surface area contributed by atoms with Crippen LogP contribution in [0.4, 0.5) is 0 Å². The largest absolute Gasteiger partial charge is 0.478 e. The van der Waals surface area contributed by atoms with E-state index in [0.29, 0.717) is 0 Å². The Hall–Kier alpha value is -1.64. The second-order valence-corrected chi connectivity index (χ2v) is 7.17. The highest BCUT2D eigenvalue weighted by atomic mass is 35.5. The standard InChI is InChI=1S/C12H15ClN2O5S/c1-12(2,11(14)18)6-15-21(19,20)9-5-7(10(16)17)3-4-8(9)13/h3-5,15H,6H2,1-2H3,(H2,14,18)(H,16,17). The first kappa shape index (κ1) is 17.4. The predicted octanol–water partition coefficient (Wildman–Crippen LogP) is 0.828. The van der Waals surface area contributed by atoms with Crippen LogP contribution in [0.15, 0.2) is 23.1 Å². The molecule has 1 rings (SSSR count). The third-order valence-corrected chi connectivity index (χ3v) is 4.72. The molecular weight excluding hydrogens is 320 g/mol. The third kappa shape index (κ3) is 4.16. The molecule has 0 fully saturated rings. The fraction of sp³-hybridized carbons (Fsp3) is 0.333. The summed E-state index contributed by atoms with van der Waals surface area (Å²) in [6, 6.07) is 3.32. The minimum atomic E-state index is -4.07. The Balaban J connectivity index is 3.11. The van der Waals surface area contributed by atoms with Gasteiger partial charge in [0.25, 0.3) is 0 Å². The van der Waals surface area contributed by atoms with Crippen LogP contribution in [0.1, 0.15) is 24.2 Å². The molecule has 0 aromatic heterocycles. The van der Waals surface area contributed by atoms with Crippen LogP contribution in [0, 0.1) is 5.41 Å². The Labute approximate surface area is 127 Å². The number of carboxylic acids is 1. The summed E-state index contributed by atoms with van der Waals surface area (Å²) in [5.74, 6) is -1.95. The van der Waals surface area contributed by atoms with Crippen LogP contribution in [-0.4, -0.2) is 31.9 Å². The molecule has 4 N–H and O–H groups in total. The van der Waals surface area contributed by atoms with Gasteiger partial charge in [-0.1, -0.05) is 11.6 Å². The molecule has 0 saturated carbocycles. The SMILES string of the molecule is CC(C)(CNS(=O)(=O)c1cc(C(=O)O)ccc1Cl)C(N)=O. The number of nitrogens with two attached hydrogens (primary N) is 1. The average Bonchev–Trinajstić information content (AvgIpc) is 2.36. The van der Waals surface area contributed by atoms with Crippen molar-refractivity contribution in [3.05, 3.63) is 28.8 Å². The minimum Gasteiger partial charge on any atom is -0.478 e. The summed E-state index contributed by atoms with van der Waals surface area (Å²) in [5.41, 5.74) is 3.85. The molecule has 1 aromatic carbocycles. The summed E-state index contributed by atoms with van der Waals surface area (Å²) in [6.07, 6.45) is 0. The lowest BCUT2D eigenvalue weighted by atomic mass is 9.93. The van der Waals surface area contributed by atoms with Gasteiger partial charge in [-0.3, -0.25) is 4.79 Å². The van der Waals surface area contributed by atoms with Gasteiger partial charge in [-0.15, -0.1) is 0 Å². The van der Waals surface area contributed by atoms with Crippen molar-refractivity contribution in [1.82, 2.24) is 4.72 Å². The zero-order valence-corrected chi connectivity index (χ0v) is 13.0. The molecule has 21 heavy (non-hydrogen) atoms. The maximum atomic E-state index is 12.2. The van der Waals surface area contributed by atoms with E-state index in [1.807, 2.05) is 0 Å². The maximum absolute atomic E-state index is 12.2. The van der Waals surface area contributed by atoms with E-state index < -0.39 is 27.3 Å². The first-order valence-electron chi connectivity index (χ1n) is 5.80. The van der Waals surface area contributed by atoms with Crippen LogP contribution < -0.4 is 10.5 Å². The smallest absolute Gasteiger partial charge is 0.335 e. The van der Waals surface area contributed by atoms with E-state index in [2.05, 4.69) is 4.72 Å². The molecule has 0 aliphatic rings. The molecule has 0 spiro atoms. The van der Waals surface area contributed by atoms with Crippen molar-refractivity contribution in [2.45, 2.75) is 18.7 Å². The maximum Gasteiger partial charge on any atom is 0.335 e. The molecule has 7 nitrogen and oxygen atoms in total. The van der Waals surface area contributed by atoms with E-state index in [1.165, 1.54) is 26.0 Å². The summed E-state index contributed by atoms with van der Waals surface area (Å²) in [6.45, 7) is 2.72. The van der Waals surface area contributed by atoms with Crippen molar-refractivity contribution in [3.63, 3.8) is 0 Å². The first-order valence-corrected chi connectivity index (χ1v) is 7.66. The molecule has 116 valence electrons.